The lowest BCUT2D eigenvalue weighted by atomic mass is 10.00. The van der Waals surface area contributed by atoms with Gasteiger partial charge in [0, 0.05) is 6.42 Å². The number of hydrogen-bond donors (Lipinski definition) is 1. The van der Waals surface area contributed by atoms with Crippen LogP contribution in [0.1, 0.15) is 80.1 Å². The third-order valence-electron chi connectivity index (χ3n) is 5.60. The SMILES string of the molecule is CC(C)[Si](OC(=O)CCCCCC1C=CC(O)C1)(C(C)C)C(C)C. The molecule has 0 aromatic rings. The summed E-state index contributed by atoms with van der Waals surface area (Å²) < 4.78 is 6.17. The van der Waals surface area contributed by atoms with E-state index < -0.39 is 8.32 Å². The van der Waals surface area contributed by atoms with Crippen LogP contribution in [-0.2, 0) is 9.22 Å². The summed E-state index contributed by atoms with van der Waals surface area (Å²) in [5, 5.41) is 9.47. The summed E-state index contributed by atoms with van der Waals surface area (Å²) in [5.41, 5.74) is 1.34. The molecule has 0 saturated carbocycles. The van der Waals surface area contributed by atoms with E-state index in [1.807, 2.05) is 6.08 Å². The molecule has 24 heavy (non-hydrogen) atoms. The molecular formula is C20H38O3Si. The van der Waals surface area contributed by atoms with Gasteiger partial charge in [-0.15, -0.1) is 0 Å². The van der Waals surface area contributed by atoms with Gasteiger partial charge in [-0.05, 0) is 41.8 Å². The lowest BCUT2D eigenvalue weighted by Gasteiger charge is -2.41. The van der Waals surface area contributed by atoms with Crippen LogP contribution in [-0.4, -0.2) is 25.5 Å². The van der Waals surface area contributed by atoms with Crippen molar-refractivity contribution >= 4 is 14.3 Å². The van der Waals surface area contributed by atoms with E-state index in [2.05, 4.69) is 47.6 Å². The van der Waals surface area contributed by atoms with Crippen LogP contribution in [0.25, 0.3) is 0 Å². The number of rotatable bonds is 10. The maximum atomic E-state index is 12.4. The van der Waals surface area contributed by atoms with E-state index in [-0.39, 0.29) is 12.1 Å². The van der Waals surface area contributed by atoms with E-state index in [0.717, 1.165) is 32.1 Å². The number of carbonyl (C=O) groups excluding carboxylic acids is 1. The highest BCUT2D eigenvalue weighted by atomic mass is 28.4. The average Bonchev–Trinajstić information content (AvgIpc) is 2.88. The van der Waals surface area contributed by atoms with Crippen molar-refractivity contribution in [2.75, 3.05) is 0 Å². The molecule has 0 fully saturated rings. The van der Waals surface area contributed by atoms with Gasteiger partial charge < -0.3 is 9.53 Å². The van der Waals surface area contributed by atoms with Crippen molar-refractivity contribution in [3.05, 3.63) is 12.2 Å². The molecule has 0 spiro atoms. The molecular weight excluding hydrogens is 316 g/mol. The molecule has 0 aromatic carbocycles. The molecule has 1 aliphatic rings. The van der Waals surface area contributed by atoms with Crippen LogP contribution in [0.2, 0.25) is 16.6 Å². The zero-order valence-electron chi connectivity index (χ0n) is 16.5. The van der Waals surface area contributed by atoms with E-state index in [4.69, 9.17) is 4.43 Å². The first-order valence-corrected chi connectivity index (χ1v) is 11.9. The number of unbranched alkanes of at least 4 members (excludes halogenated alkanes) is 2. The summed E-state index contributed by atoms with van der Waals surface area (Å²) in [6.45, 7) is 13.3. The van der Waals surface area contributed by atoms with Gasteiger partial charge in [0.2, 0.25) is 0 Å². The largest absolute Gasteiger partial charge is 0.518 e. The summed E-state index contributed by atoms with van der Waals surface area (Å²) in [6.07, 6.45) is 9.42. The Bertz CT molecular complexity index is 393. The van der Waals surface area contributed by atoms with Crippen LogP contribution in [0.5, 0.6) is 0 Å². The summed E-state index contributed by atoms with van der Waals surface area (Å²) in [6, 6.07) is 0. The molecule has 3 nitrogen and oxygen atoms in total. The van der Waals surface area contributed by atoms with Gasteiger partial charge in [0.05, 0.1) is 6.10 Å². The fourth-order valence-electron chi connectivity index (χ4n) is 4.42. The molecule has 0 aromatic heterocycles. The number of aliphatic hydroxyl groups excluding tert-OH is 1. The average molecular weight is 355 g/mol. The quantitative estimate of drug-likeness (QED) is 0.316. The zero-order chi connectivity index (χ0) is 18.3. The molecule has 0 saturated heterocycles. The Hall–Kier alpha value is -0.613. The first-order chi connectivity index (χ1) is 11.2. The molecule has 0 radical (unpaired) electrons. The van der Waals surface area contributed by atoms with Crippen LogP contribution >= 0.6 is 0 Å². The summed E-state index contributed by atoms with van der Waals surface area (Å²) in [4.78, 5) is 12.4. The van der Waals surface area contributed by atoms with Crippen LogP contribution in [0, 0.1) is 5.92 Å². The molecule has 0 heterocycles. The van der Waals surface area contributed by atoms with Crippen molar-refractivity contribution in [1.82, 2.24) is 0 Å². The van der Waals surface area contributed by atoms with Gasteiger partial charge >= 0.3 is 0 Å². The molecule has 1 N–H and O–H groups in total. The molecule has 1 aliphatic carbocycles. The van der Waals surface area contributed by atoms with Crippen molar-refractivity contribution in [2.24, 2.45) is 5.92 Å². The van der Waals surface area contributed by atoms with Crippen LogP contribution in [0.15, 0.2) is 12.2 Å². The highest BCUT2D eigenvalue weighted by molar-refractivity contribution is 6.78. The Balaban J connectivity index is 2.34. The fourth-order valence-corrected chi connectivity index (χ4v) is 9.62. The Morgan fingerprint density at radius 3 is 2.08 bits per heavy atom. The second-order valence-electron chi connectivity index (χ2n) is 8.34. The summed E-state index contributed by atoms with van der Waals surface area (Å²) in [5.74, 6) is 0.531. The number of carbonyl (C=O) groups is 1. The number of allylic oxidation sites excluding steroid dienone is 1. The van der Waals surface area contributed by atoms with Gasteiger partial charge in [0.1, 0.15) is 0 Å². The smallest absolute Gasteiger partial charge is 0.292 e. The summed E-state index contributed by atoms with van der Waals surface area (Å²) in [7, 11) is -2.07. The van der Waals surface area contributed by atoms with E-state index in [0.29, 0.717) is 29.0 Å². The van der Waals surface area contributed by atoms with E-state index >= 15 is 0 Å². The molecule has 1 rings (SSSR count). The first-order valence-electron chi connectivity index (χ1n) is 9.78. The van der Waals surface area contributed by atoms with Crippen LogP contribution in [0.4, 0.5) is 0 Å². The van der Waals surface area contributed by atoms with Crippen molar-refractivity contribution in [3.8, 4) is 0 Å². The van der Waals surface area contributed by atoms with Gasteiger partial charge in [0.15, 0.2) is 0 Å². The van der Waals surface area contributed by atoms with Gasteiger partial charge in [-0.2, -0.15) is 0 Å². The third-order valence-corrected chi connectivity index (χ3v) is 11.6. The lowest BCUT2D eigenvalue weighted by molar-refractivity contribution is -0.135. The Kier molecular flexibility index (Phi) is 8.72. The predicted molar refractivity (Wildman–Crippen MR) is 103 cm³/mol. The standard InChI is InChI=1S/C20H38O3Si/c1-15(2)24(16(3)4,17(5)6)23-20(22)11-9-7-8-10-18-12-13-19(21)14-18/h12-13,15-19,21H,7-11,14H2,1-6H3. The van der Waals surface area contributed by atoms with Crippen molar-refractivity contribution in [1.29, 1.82) is 0 Å². The van der Waals surface area contributed by atoms with Crippen molar-refractivity contribution < 1.29 is 14.3 Å². The Morgan fingerprint density at radius 2 is 1.62 bits per heavy atom. The van der Waals surface area contributed by atoms with E-state index in [1.165, 1.54) is 0 Å². The van der Waals surface area contributed by atoms with E-state index in [1.54, 1.807) is 0 Å². The van der Waals surface area contributed by atoms with Gasteiger partial charge in [-0.25, -0.2) is 0 Å². The van der Waals surface area contributed by atoms with Crippen molar-refractivity contribution in [3.63, 3.8) is 0 Å². The maximum absolute atomic E-state index is 12.4. The minimum atomic E-state index is -2.07. The Morgan fingerprint density at radius 1 is 1.04 bits per heavy atom. The minimum absolute atomic E-state index is 0.00829. The third kappa shape index (κ3) is 5.73. The number of hydrogen-bond acceptors (Lipinski definition) is 3. The van der Waals surface area contributed by atoms with Gasteiger partial charge in [-0.1, -0.05) is 66.5 Å². The van der Waals surface area contributed by atoms with Crippen LogP contribution in [0.3, 0.4) is 0 Å². The second-order valence-corrected chi connectivity index (χ2v) is 13.7. The minimum Gasteiger partial charge on any atom is -0.518 e. The fraction of sp³-hybridized carbons (Fsp3) is 0.850. The molecule has 0 aliphatic heterocycles. The van der Waals surface area contributed by atoms with Crippen LogP contribution < -0.4 is 0 Å². The Labute approximate surface area is 150 Å². The highest BCUT2D eigenvalue weighted by Crippen LogP contribution is 2.42. The normalized spacial score (nSPS) is 21.2. The topological polar surface area (TPSA) is 46.5 Å². The highest BCUT2D eigenvalue weighted by Gasteiger charge is 2.47. The summed E-state index contributed by atoms with van der Waals surface area (Å²) >= 11 is 0. The zero-order valence-corrected chi connectivity index (χ0v) is 17.5. The lowest BCUT2D eigenvalue weighted by Crippen LogP contribution is -2.49. The van der Waals surface area contributed by atoms with Gasteiger partial charge in [-0.3, -0.25) is 4.79 Å². The first kappa shape index (κ1) is 21.4. The number of aliphatic hydroxyl groups is 1. The second kappa shape index (κ2) is 9.76. The molecule has 140 valence electrons. The predicted octanol–water partition coefficient (Wildman–Crippen LogP) is 5.59. The molecule has 4 heteroatoms. The molecule has 0 bridgehead atoms. The van der Waals surface area contributed by atoms with Gasteiger partial charge in [0.25, 0.3) is 14.3 Å². The monoisotopic (exact) mass is 354 g/mol. The molecule has 2 unspecified atom stereocenters. The van der Waals surface area contributed by atoms with E-state index in [9.17, 15) is 9.90 Å². The molecule has 2 atom stereocenters. The maximum Gasteiger partial charge on any atom is 0.292 e. The molecule has 0 amide bonds. The van der Waals surface area contributed by atoms with Crippen molar-refractivity contribution in [2.45, 2.75) is 103 Å².